The molecule has 0 fully saturated rings. The Balaban J connectivity index is 2.27. The van der Waals surface area contributed by atoms with Crippen LogP contribution < -0.4 is 5.32 Å². The topological polar surface area (TPSA) is 39.1 Å². The summed E-state index contributed by atoms with van der Waals surface area (Å²) in [7, 11) is 3.71. The number of nitrogens with one attached hydrogen (secondary N) is 1. The molecule has 1 aromatic heterocycles. The van der Waals surface area contributed by atoms with Crippen LogP contribution in [0.3, 0.4) is 0 Å². The van der Waals surface area contributed by atoms with Crippen LogP contribution in [0.15, 0.2) is 42.6 Å². The molecule has 0 amide bonds. The second-order valence-corrected chi connectivity index (χ2v) is 4.63. The lowest BCUT2D eigenvalue weighted by Gasteiger charge is -2.21. The standard InChI is InChI=1S/C15H21N3O/c1-12(19-3)11-14(16-2)15-9-10-17-18(15)13-7-5-4-6-8-13/h4-10,12,14,16H,11H2,1-3H3. The highest BCUT2D eigenvalue weighted by Gasteiger charge is 2.18. The van der Waals surface area contributed by atoms with Crippen LogP contribution >= 0.6 is 0 Å². The molecule has 4 nitrogen and oxygen atoms in total. The van der Waals surface area contributed by atoms with E-state index in [9.17, 15) is 0 Å². The number of ether oxygens (including phenoxy) is 1. The molecule has 4 heteroatoms. The fraction of sp³-hybridized carbons (Fsp3) is 0.400. The molecule has 102 valence electrons. The maximum atomic E-state index is 5.36. The molecule has 1 aromatic carbocycles. The van der Waals surface area contributed by atoms with Gasteiger partial charge in [0.1, 0.15) is 0 Å². The molecule has 0 spiro atoms. The maximum Gasteiger partial charge on any atom is 0.0649 e. The smallest absolute Gasteiger partial charge is 0.0649 e. The molecule has 2 rings (SSSR count). The Labute approximate surface area is 114 Å². The molecule has 19 heavy (non-hydrogen) atoms. The van der Waals surface area contributed by atoms with E-state index in [0.717, 1.165) is 17.8 Å². The molecule has 0 aliphatic heterocycles. The second-order valence-electron chi connectivity index (χ2n) is 4.63. The van der Waals surface area contributed by atoms with Crippen LogP contribution in [-0.2, 0) is 4.74 Å². The third-order valence-corrected chi connectivity index (χ3v) is 3.35. The van der Waals surface area contributed by atoms with Crippen LogP contribution in [0.2, 0.25) is 0 Å². The van der Waals surface area contributed by atoms with Gasteiger partial charge in [-0.15, -0.1) is 0 Å². The van der Waals surface area contributed by atoms with Crippen molar-refractivity contribution >= 4 is 0 Å². The summed E-state index contributed by atoms with van der Waals surface area (Å²) in [6.07, 6.45) is 2.95. The number of nitrogens with zero attached hydrogens (tertiary/aromatic N) is 2. The average molecular weight is 259 g/mol. The Morgan fingerprint density at radius 3 is 2.63 bits per heavy atom. The molecule has 2 atom stereocenters. The third-order valence-electron chi connectivity index (χ3n) is 3.35. The van der Waals surface area contributed by atoms with Gasteiger partial charge >= 0.3 is 0 Å². The molecule has 0 aliphatic carbocycles. The van der Waals surface area contributed by atoms with Gasteiger partial charge in [0.05, 0.1) is 23.5 Å². The van der Waals surface area contributed by atoms with E-state index >= 15 is 0 Å². The molecule has 0 saturated carbocycles. The Hall–Kier alpha value is -1.65. The Bertz CT molecular complexity index is 495. The number of hydrogen-bond donors (Lipinski definition) is 1. The van der Waals surface area contributed by atoms with Crippen LogP contribution in [0.25, 0.3) is 5.69 Å². The molecule has 2 unspecified atom stereocenters. The lowest BCUT2D eigenvalue weighted by Crippen LogP contribution is -2.24. The van der Waals surface area contributed by atoms with Crippen LogP contribution in [0.5, 0.6) is 0 Å². The molecule has 0 saturated heterocycles. The molecule has 0 radical (unpaired) electrons. The van der Waals surface area contributed by atoms with Crippen molar-refractivity contribution in [3.8, 4) is 5.69 Å². The quantitative estimate of drug-likeness (QED) is 0.866. The number of methoxy groups -OCH3 is 1. The number of rotatable bonds is 6. The first-order valence-electron chi connectivity index (χ1n) is 6.55. The van der Waals surface area contributed by atoms with Crippen molar-refractivity contribution in [2.24, 2.45) is 0 Å². The van der Waals surface area contributed by atoms with Gasteiger partial charge in [0.2, 0.25) is 0 Å². The number of hydrogen-bond acceptors (Lipinski definition) is 3. The minimum absolute atomic E-state index is 0.205. The van der Waals surface area contributed by atoms with Crippen LogP contribution in [0.4, 0.5) is 0 Å². The zero-order valence-electron chi connectivity index (χ0n) is 11.7. The van der Waals surface area contributed by atoms with Crippen LogP contribution in [0, 0.1) is 0 Å². The summed E-state index contributed by atoms with van der Waals surface area (Å²) < 4.78 is 7.33. The van der Waals surface area contributed by atoms with E-state index in [4.69, 9.17) is 4.74 Å². The minimum atomic E-state index is 0.205. The first-order chi connectivity index (χ1) is 9.26. The van der Waals surface area contributed by atoms with Crippen molar-refractivity contribution in [1.29, 1.82) is 0 Å². The lowest BCUT2D eigenvalue weighted by molar-refractivity contribution is 0.101. The van der Waals surface area contributed by atoms with Gasteiger partial charge in [-0.05, 0) is 38.6 Å². The van der Waals surface area contributed by atoms with Gasteiger partial charge in [-0.1, -0.05) is 18.2 Å². The summed E-state index contributed by atoms with van der Waals surface area (Å²) in [6.45, 7) is 2.08. The molecular weight excluding hydrogens is 238 g/mol. The van der Waals surface area contributed by atoms with Crippen molar-refractivity contribution in [2.75, 3.05) is 14.2 Å². The van der Waals surface area contributed by atoms with Gasteiger partial charge in [0.25, 0.3) is 0 Å². The van der Waals surface area contributed by atoms with Gasteiger partial charge < -0.3 is 10.1 Å². The van der Waals surface area contributed by atoms with E-state index in [1.165, 1.54) is 0 Å². The zero-order valence-corrected chi connectivity index (χ0v) is 11.7. The number of para-hydroxylation sites is 1. The highest BCUT2D eigenvalue weighted by atomic mass is 16.5. The summed E-state index contributed by atoms with van der Waals surface area (Å²) in [6, 6.07) is 12.4. The van der Waals surface area contributed by atoms with E-state index in [1.807, 2.05) is 36.1 Å². The molecule has 1 N–H and O–H groups in total. The van der Waals surface area contributed by atoms with E-state index in [-0.39, 0.29) is 12.1 Å². The fourth-order valence-electron chi connectivity index (χ4n) is 2.18. The van der Waals surface area contributed by atoms with Crippen molar-refractivity contribution in [2.45, 2.75) is 25.5 Å². The van der Waals surface area contributed by atoms with E-state index < -0.39 is 0 Å². The lowest BCUT2D eigenvalue weighted by atomic mass is 10.1. The third kappa shape index (κ3) is 3.22. The summed E-state index contributed by atoms with van der Waals surface area (Å²) in [5, 5.41) is 7.76. The fourth-order valence-corrected chi connectivity index (χ4v) is 2.18. The first kappa shape index (κ1) is 13.8. The van der Waals surface area contributed by atoms with Gasteiger partial charge in [-0.2, -0.15) is 5.10 Å². The average Bonchev–Trinajstić information content (AvgIpc) is 2.94. The van der Waals surface area contributed by atoms with Gasteiger partial charge in [-0.3, -0.25) is 0 Å². The highest BCUT2D eigenvalue weighted by molar-refractivity contribution is 5.33. The van der Waals surface area contributed by atoms with Gasteiger partial charge in [0.15, 0.2) is 0 Å². The maximum absolute atomic E-state index is 5.36. The Morgan fingerprint density at radius 2 is 2.00 bits per heavy atom. The van der Waals surface area contributed by atoms with E-state index in [0.29, 0.717) is 0 Å². The number of benzene rings is 1. The van der Waals surface area contributed by atoms with Crippen molar-refractivity contribution in [3.63, 3.8) is 0 Å². The summed E-state index contributed by atoms with van der Waals surface area (Å²) >= 11 is 0. The molecule has 2 aromatic rings. The van der Waals surface area contributed by atoms with Crippen molar-refractivity contribution in [3.05, 3.63) is 48.3 Å². The second kappa shape index (κ2) is 6.50. The number of aromatic nitrogens is 2. The monoisotopic (exact) mass is 259 g/mol. The molecule has 0 bridgehead atoms. The largest absolute Gasteiger partial charge is 0.382 e. The van der Waals surface area contributed by atoms with Crippen LogP contribution in [0.1, 0.15) is 25.1 Å². The van der Waals surface area contributed by atoms with Gasteiger partial charge in [-0.25, -0.2) is 4.68 Å². The molecule has 0 aliphatic rings. The van der Waals surface area contributed by atoms with E-state index in [1.54, 1.807) is 7.11 Å². The first-order valence-corrected chi connectivity index (χ1v) is 6.55. The molecular formula is C15H21N3O. The normalized spacial score (nSPS) is 14.3. The van der Waals surface area contributed by atoms with Crippen molar-refractivity contribution in [1.82, 2.24) is 15.1 Å². The zero-order chi connectivity index (χ0) is 13.7. The Kier molecular flexibility index (Phi) is 4.71. The van der Waals surface area contributed by atoms with E-state index in [2.05, 4.69) is 35.5 Å². The summed E-state index contributed by atoms with van der Waals surface area (Å²) in [5.74, 6) is 0. The van der Waals surface area contributed by atoms with Crippen LogP contribution in [-0.4, -0.2) is 30.0 Å². The summed E-state index contributed by atoms with van der Waals surface area (Å²) in [4.78, 5) is 0. The minimum Gasteiger partial charge on any atom is -0.382 e. The molecule has 1 heterocycles. The highest BCUT2D eigenvalue weighted by Crippen LogP contribution is 2.21. The predicted octanol–water partition coefficient (Wildman–Crippen LogP) is 2.56. The predicted molar refractivity (Wildman–Crippen MR) is 76.5 cm³/mol. The van der Waals surface area contributed by atoms with Crippen molar-refractivity contribution < 1.29 is 4.74 Å². The SMILES string of the molecule is CNC(CC(C)OC)c1ccnn1-c1ccccc1. The summed E-state index contributed by atoms with van der Waals surface area (Å²) in [5.41, 5.74) is 2.23. The van der Waals surface area contributed by atoms with Gasteiger partial charge in [0, 0.05) is 13.3 Å². The Morgan fingerprint density at radius 1 is 1.26 bits per heavy atom.